The van der Waals surface area contributed by atoms with E-state index in [0.717, 1.165) is 28.8 Å². The number of carbonyl (C=O) groups excluding carboxylic acids is 1. The van der Waals surface area contributed by atoms with E-state index in [-0.39, 0.29) is 23.9 Å². The number of benzene rings is 2. The summed E-state index contributed by atoms with van der Waals surface area (Å²) in [6.45, 7) is 5.20. The van der Waals surface area contributed by atoms with Crippen LogP contribution in [0.2, 0.25) is 0 Å². The van der Waals surface area contributed by atoms with Gasteiger partial charge in [0.25, 0.3) is 11.1 Å². The molecule has 0 spiro atoms. The molecule has 1 saturated heterocycles. The van der Waals surface area contributed by atoms with Gasteiger partial charge >= 0.3 is 0 Å². The van der Waals surface area contributed by atoms with E-state index in [1.54, 1.807) is 6.07 Å². The first-order chi connectivity index (χ1) is 14.0. The van der Waals surface area contributed by atoms with Gasteiger partial charge in [0.15, 0.2) is 0 Å². The number of thiazole rings is 1. The van der Waals surface area contributed by atoms with E-state index in [0.29, 0.717) is 23.8 Å². The third kappa shape index (κ3) is 4.67. The zero-order valence-corrected chi connectivity index (χ0v) is 17.2. The number of nitrogens with zero attached hydrogens (tertiary/aromatic N) is 2. The molecule has 29 heavy (non-hydrogen) atoms. The molecular formula is C22H23FN2O3S. The number of carbonyl (C=O) groups is 1. The minimum absolute atomic E-state index is 0.00581. The molecule has 1 aliphatic rings. The Morgan fingerprint density at radius 2 is 1.90 bits per heavy atom. The molecule has 1 aliphatic heterocycles. The number of hydrogen-bond acceptors (Lipinski definition) is 5. The molecule has 0 radical (unpaired) electrons. The number of halogens is 1. The predicted octanol–water partition coefficient (Wildman–Crippen LogP) is 4.91. The first kappa shape index (κ1) is 19.6. The second kappa shape index (κ2) is 8.37. The Hall–Kier alpha value is -2.67. The zero-order valence-electron chi connectivity index (χ0n) is 16.4. The van der Waals surface area contributed by atoms with Gasteiger partial charge in [-0.15, -0.1) is 0 Å². The Labute approximate surface area is 173 Å². The number of ether oxygens (including phenoxy) is 2. The van der Waals surface area contributed by atoms with Crippen molar-refractivity contribution in [3.63, 3.8) is 0 Å². The summed E-state index contributed by atoms with van der Waals surface area (Å²) >= 11 is 1.35. The number of piperidine rings is 1. The molecular weight excluding hydrogens is 391 g/mol. The molecule has 1 fully saturated rings. The Morgan fingerprint density at radius 3 is 2.59 bits per heavy atom. The van der Waals surface area contributed by atoms with Crippen LogP contribution in [0.3, 0.4) is 0 Å². The average Bonchev–Trinajstić information content (AvgIpc) is 3.09. The van der Waals surface area contributed by atoms with Gasteiger partial charge in [0.1, 0.15) is 17.7 Å². The van der Waals surface area contributed by atoms with Crippen LogP contribution in [0.15, 0.2) is 42.5 Å². The van der Waals surface area contributed by atoms with Crippen LogP contribution in [-0.4, -0.2) is 41.1 Å². The number of hydrogen-bond donors (Lipinski definition) is 0. The lowest BCUT2D eigenvalue weighted by atomic mass is 10.1. The zero-order chi connectivity index (χ0) is 20.4. The lowest BCUT2D eigenvalue weighted by Gasteiger charge is -2.31. The molecule has 4 rings (SSSR count). The highest BCUT2D eigenvalue weighted by Crippen LogP contribution is 2.30. The van der Waals surface area contributed by atoms with Crippen LogP contribution < -0.4 is 9.47 Å². The Balaban J connectivity index is 1.33. The number of likely N-dealkylation sites (tertiary alicyclic amines) is 1. The van der Waals surface area contributed by atoms with Crippen LogP contribution in [0.1, 0.15) is 37.0 Å². The Bertz CT molecular complexity index is 995. The van der Waals surface area contributed by atoms with E-state index in [9.17, 15) is 9.18 Å². The summed E-state index contributed by atoms with van der Waals surface area (Å²) < 4.78 is 25.7. The number of fused-ring (bicyclic) bond motifs is 1. The topological polar surface area (TPSA) is 51.7 Å². The largest absolute Gasteiger partial charge is 0.491 e. The maximum absolute atomic E-state index is 13.3. The SMILES string of the molecule is CC(C)Oc1ccc(C(=O)N2CCC(Oc3nc4ccc(F)cc4s3)CC2)cc1. The van der Waals surface area contributed by atoms with Gasteiger partial charge in [-0.2, -0.15) is 0 Å². The molecule has 1 amide bonds. The van der Waals surface area contributed by atoms with Crippen LogP contribution in [0.4, 0.5) is 4.39 Å². The van der Waals surface area contributed by atoms with Gasteiger partial charge in [0, 0.05) is 31.5 Å². The van der Waals surface area contributed by atoms with Crippen molar-refractivity contribution in [3.8, 4) is 10.9 Å². The Kier molecular flexibility index (Phi) is 5.67. The number of aromatic nitrogens is 1. The van der Waals surface area contributed by atoms with Gasteiger partial charge in [-0.3, -0.25) is 4.79 Å². The molecule has 2 aromatic carbocycles. The summed E-state index contributed by atoms with van der Waals surface area (Å²) in [5, 5.41) is 0.552. The maximum Gasteiger partial charge on any atom is 0.274 e. The molecule has 2 heterocycles. The monoisotopic (exact) mass is 414 g/mol. The van der Waals surface area contributed by atoms with E-state index in [1.165, 1.54) is 23.5 Å². The van der Waals surface area contributed by atoms with Gasteiger partial charge < -0.3 is 14.4 Å². The summed E-state index contributed by atoms with van der Waals surface area (Å²) in [6, 6.07) is 11.8. The second-order valence-corrected chi connectivity index (χ2v) is 8.39. The van der Waals surface area contributed by atoms with Gasteiger partial charge in [-0.25, -0.2) is 9.37 Å². The highest BCUT2D eigenvalue weighted by Gasteiger charge is 2.25. The highest BCUT2D eigenvalue weighted by molar-refractivity contribution is 7.20. The summed E-state index contributed by atoms with van der Waals surface area (Å²) in [5.41, 5.74) is 1.40. The first-order valence-electron chi connectivity index (χ1n) is 9.76. The van der Waals surface area contributed by atoms with Gasteiger partial charge in [-0.05, 0) is 56.3 Å². The number of amides is 1. The molecule has 3 aromatic rings. The molecule has 1 aromatic heterocycles. The summed E-state index contributed by atoms with van der Waals surface area (Å²) in [5.74, 6) is 0.512. The lowest BCUT2D eigenvalue weighted by Crippen LogP contribution is -2.41. The lowest BCUT2D eigenvalue weighted by molar-refractivity contribution is 0.0595. The average molecular weight is 415 g/mol. The van der Waals surface area contributed by atoms with Crippen molar-refractivity contribution in [3.05, 3.63) is 53.8 Å². The molecule has 0 bridgehead atoms. The van der Waals surface area contributed by atoms with Crippen molar-refractivity contribution in [2.75, 3.05) is 13.1 Å². The maximum atomic E-state index is 13.3. The molecule has 152 valence electrons. The third-order valence-corrected chi connectivity index (χ3v) is 5.71. The summed E-state index contributed by atoms with van der Waals surface area (Å²) in [7, 11) is 0. The molecule has 0 atom stereocenters. The normalized spacial score (nSPS) is 15.1. The van der Waals surface area contributed by atoms with E-state index in [1.807, 2.05) is 43.0 Å². The molecule has 0 N–H and O–H groups in total. The molecule has 7 heteroatoms. The van der Waals surface area contributed by atoms with Crippen molar-refractivity contribution in [2.24, 2.45) is 0 Å². The molecule has 5 nitrogen and oxygen atoms in total. The molecule has 0 aliphatic carbocycles. The third-order valence-electron chi connectivity index (χ3n) is 4.80. The second-order valence-electron chi connectivity index (χ2n) is 7.39. The standard InChI is InChI=1S/C22H23FN2O3S/c1-14(2)27-17-6-3-15(4-7-17)21(26)25-11-9-18(10-12-25)28-22-24-19-8-5-16(23)13-20(19)29-22/h3-8,13-14,18H,9-12H2,1-2H3. The smallest absolute Gasteiger partial charge is 0.274 e. The van der Waals surface area contributed by atoms with Crippen molar-refractivity contribution in [1.82, 2.24) is 9.88 Å². The van der Waals surface area contributed by atoms with Crippen molar-refractivity contribution < 1.29 is 18.7 Å². The van der Waals surface area contributed by atoms with E-state index >= 15 is 0 Å². The minimum atomic E-state index is -0.275. The number of rotatable bonds is 5. The molecule has 0 unspecified atom stereocenters. The minimum Gasteiger partial charge on any atom is -0.491 e. The fourth-order valence-electron chi connectivity index (χ4n) is 3.38. The summed E-state index contributed by atoms with van der Waals surface area (Å²) in [4.78, 5) is 19.0. The molecule has 0 saturated carbocycles. The van der Waals surface area contributed by atoms with E-state index < -0.39 is 0 Å². The Morgan fingerprint density at radius 1 is 1.17 bits per heavy atom. The van der Waals surface area contributed by atoms with Crippen LogP contribution in [-0.2, 0) is 0 Å². The highest BCUT2D eigenvalue weighted by atomic mass is 32.1. The van der Waals surface area contributed by atoms with Crippen LogP contribution >= 0.6 is 11.3 Å². The predicted molar refractivity (Wildman–Crippen MR) is 111 cm³/mol. The first-order valence-corrected chi connectivity index (χ1v) is 10.6. The van der Waals surface area contributed by atoms with Crippen LogP contribution in [0.5, 0.6) is 10.9 Å². The van der Waals surface area contributed by atoms with Crippen LogP contribution in [0, 0.1) is 5.82 Å². The van der Waals surface area contributed by atoms with Crippen molar-refractivity contribution in [2.45, 2.75) is 38.9 Å². The quantitative estimate of drug-likeness (QED) is 0.596. The van der Waals surface area contributed by atoms with Gasteiger partial charge in [-0.1, -0.05) is 11.3 Å². The fraction of sp³-hybridized carbons (Fsp3) is 0.364. The van der Waals surface area contributed by atoms with E-state index in [4.69, 9.17) is 9.47 Å². The van der Waals surface area contributed by atoms with Crippen LogP contribution in [0.25, 0.3) is 10.2 Å². The summed E-state index contributed by atoms with van der Waals surface area (Å²) in [6.07, 6.45) is 1.59. The van der Waals surface area contributed by atoms with Gasteiger partial charge in [0.05, 0.1) is 16.3 Å². The fourth-order valence-corrected chi connectivity index (χ4v) is 4.28. The van der Waals surface area contributed by atoms with Gasteiger partial charge in [0.2, 0.25) is 0 Å². The van der Waals surface area contributed by atoms with E-state index in [2.05, 4.69) is 4.98 Å². The van der Waals surface area contributed by atoms with Crippen molar-refractivity contribution in [1.29, 1.82) is 0 Å². The van der Waals surface area contributed by atoms with Crippen molar-refractivity contribution >= 4 is 27.5 Å².